The first-order valence-corrected chi connectivity index (χ1v) is 17.9. The van der Waals surface area contributed by atoms with Gasteiger partial charge in [0.2, 0.25) is 0 Å². The average molecular weight is 658 g/mol. The highest BCUT2D eigenvalue weighted by atomic mass is 31.2. The molecular weight excluding hydrogens is 638 g/mol. The fourth-order valence-corrected chi connectivity index (χ4v) is 6.34. The molecule has 0 aromatic carbocycles. The van der Waals surface area contributed by atoms with Crippen LogP contribution in [0.1, 0.15) is 0 Å². The molecule has 0 aromatic rings. The van der Waals surface area contributed by atoms with Crippen molar-refractivity contribution in [2.45, 2.75) is 36.6 Å². The van der Waals surface area contributed by atoms with Gasteiger partial charge in [0, 0.05) is 6.66 Å². The van der Waals surface area contributed by atoms with E-state index in [1.54, 1.807) is 0 Å². The summed E-state index contributed by atoms with van der Waals surface area (Å²) in [5, 5.41) is 0. The van der Waals surface area contributed by atoms with Crippen molar-refractivity contribution in [1.29, 1.82) is 0 Å². The van der Waals surface area contributed by atoms with Gasteiger partial charge in [0.15, 0.2) is 0 Å². The van der Waals surface area contributed by atoms with Crippen LogP contribution in [-0.2, 0) is 54.5 Å². The topological polar surface area (TPSA) is 380 Å². The Morgan fingerprint density at radius 2 is 0.500 bits per heavy atom. The highest BCUT2D eigenvalue weighted by Crippen LogP contribution is 2.57. The summed E-state index contributed by atoms with van der Waals surface area (Å²) in [5.41, 5.74) is 0. The van der Waals surface area contributed by atoms with Gasteiger partial charge in [-0.05, 0) is 0 Å². The maximum absolute atomic E-state index is 11.9. The Morgan fingerprint density at radius 3 is 0.611 bits per heavy atom. The van der Waals surface area contributed by atoms with Crippen LogP contribution in [0.4, 0.5) is 0 Å². The molecule has 0 aromatic heterocycles. The van der Waals surface area contributed by atoms with E-state index in [4.69, 9.17) is 0 Å². The van der Waals surface area contributed by atoms with E-state index in [0.717, 1.165) is 0 Å². The Kier molecular flexibility index (Phi) is 11.3. The molecule has 216 valence electrons. The van der Waals surface area contributed by atoms with E-state index in [-0.39, 0.29) is 0 Å². The number of hydrogen-bond donors (Lipinski definition) is 11. The summed E-state index contributed by atoms with van der Waals surface area (Å²) < 4.78 is 94.7. The summed E-state index contributed by atoms with van der Waals surface area (Å²) >= 11 is 0. The van der Waals surface area contributed by atoms with Crippen LogP contribution >= 0.6 is 46.7 Å². The van der Waals surface area contributed by atoms with Gasteiger partial charge in [0.1, 0.15) is 36.6 Å². The van der Waals surface area contributed by atoms with Gasteiger partial charge in [0.25, 0.3) is 0 Å². The van der Waals surface area contributed by atoms with Crippen LogP contribution in [-0.4, -0.2) is 97.1 Å². The SMILES string of the molecule is CP(=O)(O)OC1[C@H](OP(=O)(O)O)[C@H](OP(=O)(O)O)C(OP(=O)(O)O)[C@H](OP(=O)(O)O)[C@H]1OP(=O)(O)O. The van der Waals surface area contributed by atoms with Crippen LogP contribution < -0.4 is 0 Å². The lowest BCUT2D eigenvalue weighted by Gasteiger charge is -2.48. The van der Waals surface area contributed by atoms with Gasteiger partial charge in [-0.25, -0.2) is 22.8 Å². The first kappa shape index (κ1) is 34.7. The molecule has 1 saturated carbocycles. The van der Waals surface area contributed by atoms with Gasteiger partial charge in [-0.2, -0.15) is 0 Å². The zero-order valence-corrected chi connectivity index (χ0v) is 22.3. The minimum absolute atomic E-state index is 0.353. The van der Waals surface area contributed by atoms with E-state index < -0.39 is 83.3 Å². The Bertz CT molecular complexity index is 820. The summed E-state index contributed by atoms with van der Waals surface area (Å²) in [4.78, 5) is 101. The van der Waals surface area contributed by atoms with E-state index in [1.165, 1.54) is 0 Å². The monoisotopic (exact) mass is 658 g/mol. The van der Waals surface area contributed by atoms with Crippen molar-refractivity contribution in [3.63, 3.8) is 0 Å². The quantitative estimate of drug-likeness (QED) is 0.0972. The molecule has 7 atom stereocenters. The molecule has 1 rings (SSSR count). The second-order valence-electron chi connectivity index (χ2n) is 6.68. The maximum atomic E-state index is 11.9. The summed E-state index contributed by atoms with van der Waals surface area (Å²) in [6, 6.07) is 0. The molecule has 3 unspecified atom stereocenters. The number of phosphoric ester groups is 5. The third-order valence-electron chi connectivity index (χ3n) is 3.56. The smallest absolute Gasteiger partial charge is 0.324 e. The van der Waals surface area contributed by atoms with Gasteiger partial charge >= 0.3 is 46.7 Å². The van der Waals surface area contributed by atoms with Crippen LogP contribution in [0.15, 0.2) is 0 Å². The highest BCUT2D eigenvalue weighted by Gasteiger charge is 2.62. The van der Waals surface area contributed by atoms with Crippen molar-refractivity contribution in [2.24, 2.45) is 0 Å². The summed E-state index contributed by atoms with van der Waals surface area (Å²) in [5.74, 6) is 0. The van der Waals surface area contributed by atoms with Crippen molar-refractivity contribution in [1.82, 2.24) is 0 Å². The van der Waals surface area contributed by atoms with Gasteiger partial charge < -0.3 is 53.8 Å². The van der Waals surface area contributed by atoms with E-state index in [2.05, 4.69) is 27.1 Å². The molecular formula is C7H20O23P6. The molecule has 0 radical (unpaired) electrons. The molecule has 0 bridgehead atoms. The Hall–Kier alpha value is 0.700. The fraction of sp³-hybridized carbons (Fsp3) is 1.00. The van der Waals surface area contributed by atoms with Crippen molar-refractivity contribution in [3.8, 4) is 0 Å². The molecule has 36 heavy (non-hydrogen) atoms. The summed E-state index contributed by atoms with van der Waals surface area (Å²) in [6.45, 7) is 0.353. The second kappa shape index (κ2) is 11.7. The Morgan fingerprint density at radius 1 is 0.361 bits per heavy atom. The Balaban J connectivity index is 4.04. The molecule has 0 saturated heterocycles. The molecule has 1 fully saturated rings. The number of hydrogen-bond acceptors (Lipinski definition) is 12. The molecule has 0 aliphatic heterocycles. The van der Waals surface area contributed by atoms with Gasteiger partial charge in [0.05, 0.1) is 0 Å². The molecule has 29 heteroatoms. The van der Waals surface area contributed by atoms with E-state index in [1.807, 2.05) is 0 Å². The number of phosphoric acid groups is 5. The van der Waals surface area contributed by atoms with Crippen LogP contribution in [0.5, 0.6) is 0 Å². The molecule has 0 heterocycles. The largest absolute Gasteiger partial charge is 0.470 e. The minimum atomic E-state index is -5.97. The van der Waals surface area contributed by atoms with Crippen molar-refractivity contribution in [2.75, 3.05) is 6.66 Å². The van der Waals surface area contributed by atoms with E-state index in [9.17, 15) is 81.2 Å². The van der Waals surface area contributed by atoms with Gasteiger partial charge in [-0.15, -0.1) is 0 Å². The first-order valence-electron chi connectivity index (χ1n) is 8.25. The Labute approximate surface area is 199 Å². The normalized spacial score (nSPS) is 30.7. The zero-order valence-electron chi connectivity index (χ0n) is 17.0. The van der Waals surface area contributed by atoms with Crippen LogP contribution in [0.25, 0.3) is 0 Å². The fourth-order valence-electron chi connectivity index (χ4n) is 2.86. The summed E-state index contributed by atoms with van der Waals surface area (Å²) in [6.07, 6.45) is -18.0. The minimum Gasteiger partial charge on any atom is -0.324 e. The molecule has 23 nitrogen and oxygen atoms in total. The number of rotatable bonds is 12. The van der Waals surface area contributed by atoms with Gasteiger partial charge in [-0.3, -0.25) is 31.7 Å². The van der Waals surface area contributed by atoms with E-state index in [0.29, 0.717) is 6.66 Å². The first-order chi connectivity index (χ1) is 15.6. The predicted octanol–water partition coefficient (Wildman–Crippen LogP) is -2.41. The summed E-state index contributed by atoms with van der Waals surface area (Å²) in [7, 11) is -34.8. The lowest BCUT2D eigenvalue weighted by Crippen LogP contribution is -2.66. The standard InChI is InChI=1S/C7H20O23P6/c1-31(8,9)25-2-3(26-32(10,11)12)5(28-34(16,17)18)7(30-36(22,23)24)6(29-35(19,20)21)4(2)27-33(13,14)15/h2-7H,1H3,(H,8,9)(H2,10,11,12)(H2,13,14,15)(H2,16,17,18)(H2,19,20,21)(H2,22,23,24)/t2?,3-,4-,5-,6+,7?/m0/s1. The van der Waals surface area contributed by atoms with Crippen molar-refractivity contribution in [3.05, 3.63) is 0 Å². The van der Waals surface area contributed by atoms with Crippen LogP contribution in [0.2, 0.25) is 0 Å². The zero-order chi connectivity index (χ0) is 28.7. The lowest BCUT2D eigenvalue weighted by atomic mass is 9.85. The molecule has 11 N–H and O–H groups in total. The predicted molar refractivity (Wildman–Crippen MR) is 105 cm³/mol. The third kappa shape index (κ3) is 13.2. The van der Waals surface area contributed by atoms with Crippen LogP contribution in [0.3, 0.4) is 0 Å². The van der Waals surface area contributed by atoms with Gasteiger partial charge in [-0.1, -0.05) is 0 Å². The van der Waals surface area contributed by atoms with Crippen molar-refractivity contribution < 1.29 is 108 Å². The average Bonchev–Trinajstić information content (AvgIpc) is 2.51. The lowest BCUT2D eigenvalue weighted by molar-refractivity contribution is -0.200. The molecule has 0 spiro atoms. The molecule has 1 aliphatic carbocycles. The van der Waals surface area contributed by atoms with Crippen molar-refractivity contribution >= 4 is 46.7 Å². The molecule has 1 aliphatic rings. The maximum Gasteiger partial charge on any atom is 0.470 e. The second-order valence-corrected chi connectivity index (χ2v) is 14.5. The molecule has 0 amide bonds. The third-order valence-corrected chi connectivity index (χ3v) is 6.78. The highest BCUT2D eigenvalue weighted by molar-refractivity contribution is 7.52. The van der Waals surface area contributed by atoms with E-state index >= 15 is 0 Å². The van der Waals surface area contributed by atoms with Crippen LogP contribution in [0, 0.1) is 0 Å².